The van der Waals surface area contributed by atoms with Crippen LogP contribution in [-0.4, -0.2) is 312 Å². The zero-order valence-corrected chi connectivity index (χ0v) is 58.5. The number of hydrogen-bond acceptors (Lipinski definition) is 39. The Bertz CT molecular complexity index is 3630. The number of hydrogen-bond donors (Lipinski definition) is 26. The van der Waals surface area contributed by atoms with E-state index in [1.54, 1.807) is 0 Å². The predicted molar refractivity (Wildman–Crippen MR) is 356 cm³/mol. The monoisotopic (exact) mass is 1550 g/mol. The second-order valence-corrected chi connectivity index (χ2v) is 26.6. The highest BCUT2D eigenvalue weighted by Gasteiger charge is 2.54. The Kier molecular flexibility index (Phi) is 30.7. The molecule has 590 valence electrons. The molecule has 0 radical (unpaired) electrons. The summed E-state index contributed by atoms with van der Waals surface area (Å²) < 4.78 is 40.3. The van der Waals surface area contributed by atoms with Crippen LogP contribution in [-0.2, 0) is 57.1 Å². The molecule has 0 saturated carbocycles. The van der Waals surface area contributed by atoms with E-state index in [-0.39, 0.29) is 45.7 Å². The second-order valence-electron chi connectivity index (χ2n) is 24.9. The molecule has 0 aromatic carbocycles. The van der Waals surface area contributed by atoms with Crippen LogP contribution < -0.4 is 72.0 Å². The highest BCUT2D eigenvalue weighted by Crippen LogP contribution is 2.36. The average molecular weight is 1550 g/mol. The number of nitrogen functional groups attached to an aromatic ring is 1. The lowest BCUT2D eigenvalue weighted by molar-refractivity contribution is -0.372. The van der Waals surface area contributed by atoms with Crippen molar-refractivity contribution in [3.05, 3.63) is 56.8 Å². The van der Waals surface area contributed by atoms with Crippen LogP contribution in [0, 0.1) is 6.92 Å². The van der Waals surface area contributed by atoms with Gasteiger partial charge in [-0.1, -0.05) is 0 Å². The molecule has 48 heteroatoms. The smallest absolute Gasteiger partial charge is 0.404 e. The number of nitrogens with zero attached hydrogens (tertiary/aromatic N) is 5. The largest absolute Gasteiger partial charge is 0.441 e. The Morgan fingerprint density at radius 1 is 0.726 bits per heavy atom. The summed E-state index contributed by atoms with van der Waals surface area (Å²) in [6.07, 6.45) is -39.0. The molecule has 0 aliphatic carbocycles. The van der Waals surface area contributed by atoms with Crippen molar-refractivity contribution >= 4 is 75.9 Å². The first-order valence-corrected chi connectivity index (χ1v) is 34.2. The number of H-pyrrole nitrogens is 1. The van der Waals surface area contributed by atoms with Crippen molar-refractivity contribution in [1.82, 2.24) is 61.8 Å². The molecule has 0 bridgehead atoms. The number of amides is 8. The lowest BCUT2D eigenvalue weighted by atomic mass is 9.97. The van der Waals surface area contributed by atoms with E-state index < -0.39 is 256 Å². The molecule has 106 heavy (non-hydrogen) atoms. The van der Waals surface area contributed by atoms with E-state index in [0.29, 0.717) is 0 Å². The first kappa shape index (κ1) is 85.3. The molecule has 7 rings (SSSR count). The third kappa shape index (κ3) is 21.5. The van der Waals surface area contributed by atoms with Gasteiger partial charge in [0.15, 0.2) is 37.3 Å². The number of nitrogens with one attached hydrogen (secondary N) is 7. The van der Waals surface area contributed by atoms with E-state index in [1.807, 2.05) is 0 Å². The minimum Gasteiger partial charge on any atom is -0.441 e. The van der Waals surface area contributed by atoms with Gasteiger partial charge in [0.2, 0.25) is 29.5 Å². The quantitative estimate of drug-likeness (QED) is 0.0188. The molecule has 26 unspecified atom stereocenters. The summed E-state index contributed by atoms with van der Waals surface area (Å²) in [7, 11) is 0. The van der Waals surface area contributed by atoms with E-state index in [2.05, 4.69) is 61.8 Å². The molecular weight excluding hydrogens is 1460 g/mol. The molecule has 7 heterocycles. The minimum atomic E-state index is -2.27. The van der Waals surface area contributed by atoms with Crippen molar-refractivity contribution in [2.75, 3.05) is 38.6 Å². The van der Waals surface area contributed by atoms with Gasteiger partial charge in [0.05, 0.1) is 86.4 Å². The van der Waals surface area contributed by atoms with E-state index in [1.165, 1.54) is 24.6 Å². The average Bonchev–Trinajstić information content (AvgIpc) is 0.816. The third-order valence-electron chi connectivity index (χ3n) is 16.9. The zero-order valence-electron chi connectivity index (χ0n) is 56.9. The number of carbonyl (C=O) groups excluding carboxylic acids is 8. The number of carbonyl (C=O) groups is 8. The lowest BCUT2D eigenvalue weighted by Crippen LogP contribution is -2.65. The maximum Gasteiger partial charge on any atom is 0.404 e. The highest BCUT2D eigenvalue weighted by atomic mass is 32.1. The normalized spacial score (nSPS) is 27.8. The van der Waals surface area contributed by atoms with Gasteiger partial charge >= 0.3 is 6.09 Å². The summed E-state index contributed by atoms with van der Waals surface area (Å²) in [6.45, 7) is 2.12. The number of thiazole rings is 2. The highest BCUT2D eigenvalue weighted by molar-refractivity contribution is 7.14. The van der Waals surface area contributed by atoms with Crippen LogP contribution in [0.4, 0.5) is 10.6 Å². The van der Waals surface area contributed by atoms with Crippen molar-refractivity contribution in [3.8, 4) is 10.7 Å². The fourth-order valence-electron chi connectivity index (χ4n) is 10.7. The van der Waals surface area contributed by atoms with Gasteiger partial charge in [0.1, 0.15) is 112 Å². The fraction of sp³-hybridized carbons (Fsp3) is 0.638. The maximum atomic E-state index is 15.3. The number of aliphatic hydroxyl groups excluding tert-OH is 12. The number of aliphatic hydroxyl groups is 12. The van der Waals surface area contributed by atoms with Gasteiger partial charge in [-0.25, -0.2) is 29.7 Å². The SMILES string of the molecule is Cc1c(N)nc(C(CC(N)=O)NCC(N)C(N)=O)nc1C(=O)NC(C(=O)NC(C)C(O)CC(=O)NC(C(=O)NC(OC1OC(C)C(N)C(O)C1O)C(O)c1nc(-c2nc(C(=O)NCC(O)CN)cs2)cs1)C(C)O)C(OC1OC(CO)C(O)C(O)C1OC1OC(CO)C(O)C(OC(N)=O)C1O)c1cnc[nH]1. The van der Waals surface area contributed by atoms with E-state index >= 15 is 4.79 Å². The zero-order chi connectivity index (χ0) is 78.5. The third-order valence-corrected chi connectivity index (χ3v) is 18.7. The van der Waals surface area contributed by atoms with Crippen LogP contribution in [0.1, 0.15) is 94.9 Å². The summed E-state index contributed by atoms with van der Waals surface area (Å²) in [5, 5.41) is 149. The van der Waals surface area contributed by atoms with Crippen molar-refractivity contribution in [2.45, 2.75) is 200 Å². The number of nitrogens with two attached hydrogens (primary N) is 7. The lowest BCUT2D eigenvalue weighted by Gasteiger charge is -2.47. The van der Waals surface area contributed by atoms with Gasteiger partial charge in [-0.2, -0.15) is 0 Å². The first-order valence-electron chi connectivity index (χ1n) is 32.4. The van der Waals surface area contributed by atoms with Crippen LogP contribution >= 0.6 is 22.7 Å². The summed E-state index contributed by atoms with van der Waals surface area (Å²) in [6, 6.07) is -9.71. The predicted octanol–water partition coefficient (Wildman–Crippen LogP) is -12.3. The molecule has 8 amide bonds. The summed E-state index contributed by atoms with van der Waals surface area (Å²) >= 11 is 1.78. The number of ether oxygens (including phenoxy) is 7. The van der Waals surface area contributed by atoms with Crippen LogP contribution in [0.2, 0.25) is 0 Å². The number of aromatic amines is 1. The van der Waals surface area contributed by atoms with Gasteiger partial charge in [-0.15, -0.1) is 22.7 Å². The molecule has 3 fully saturated rings. The molecule has 4 aromatic heterocycles. The van der Waals surface area contributed by atoms with Gasteiger partial charge in [-0.3, -0.25) is 33.6 Å². The summed E-state index contributed by atoms with van der Waals surface area (Å²) in [5.41, 5.74) is 38.6. The number of imidazole rings is 1. The van der Waals surface area contributed by atoms with Crippen LogP contribution in [0.5, 0.6) is 0 Å². The van der Waals surface area contributed by atoms with Gasteiger partial charge in [0, 0.05) is 42.4 Å². The molecule has 46 nitrogen and oxygen atoms in total. The summed E-state index contributed by atoms with van der Waals surface area (Å²) in [4.78, 5) is 131. The molecule has 33 N–H and O–H groups in total. The minimum absolute atomic E-state index is 0.0583. The maximum absolute atomic E-state index is 15.3. The Labute approximate surface area is 608 Å². The number of rotatable bonds is 36. The van der Waals surface area contributed by atoms with Gasteiger partial charge < -0.3 is 171 Å². The van der Waals surface area contributed by atoms with E-state index in [0.717, 1.165) is 49.0 Å². The van der Waals surface area contributed by atoms with Crippen molar-refractivity contribution in [1.29, 1.82) is 0 Å². The Balaban J connectivity index is 1.18. The van der Waals surface area contributed by atoms with Crippen molar-refractivity contribution in [2.24, 2.45) is 34.4 Å². The van der Waals surface area contributed by atoms with Gasteiger partial charge in [0.25, 0.3) is 11.8 Å². The van der Waals surface area contributed by atoms with Crippen LogP contribution in [0.3, 0.4) is 0 Å². The molecular formula is C58H89N19O27S2. The molecule has 3 aliphatic rings. The Hall–Kier alpha value is -7.97. The number of aromatic nitrogens is 6. The standard InChI is InChI=1S/C58H89N19O27S2/c1-16-32(74-47(76-45(16)63)22(5-29(61)83)67-9-21(60)46(64)92)49(94)75-34(42(23-10-66-15-69-23)101-57-44(38(88)35(85)27(11-78)100-57)102-56-40(90)43(103-58(65)97)36(86)28(12-79)99-56)51(96)70-17(2)26(82)6-30(84)73-33(18(3)80)50(95)77-52(104-55-39(89)37(87)31(62)19(4)98-55)41(91)54-72-25(14-106-54)53-71-24(13-105-53)48(93)68-8-20(81)7-59/h10,13-15,17-22,26-28,31,33-44,52,55-57,67,78-82,85-91H,5-9,11-12,59-60,62H2,1-4H3,(H2,61,83)(H2,64,92)(H2,65,97)(H,66,69)(H,68,93)(H,70,96)(H,73,84)(H,75,94)(H,77,95)(H2,63,74,76). The van der Waals surface area contributed by atoms with Crippen LogP contribution in [0.25, 0.3) is 10.7 Å². The van der Waals surface area contributed by atoms with E-state index in [9.17, 15) is 94.8 Å². The first-order chi connectivity index (χ1) is 50.0. The van der Waals surface area contributed by atoms with Crippen LogP contribution in [0.15, 0.2) is 23.3 Å². The molecule has 0 spiro atoms. The second kappa shape index (κ2) is 38.2. The Morgan fingerprint density at radius 2 is 1.40 bits per heavy atom. The topological polar surface area (TPSA) is 778 Å². The van der Waals surface area contributed by atoms with Gasteiger partial charge in [-0.05, 0) is 27.7 Å². The number of anilines is 1. The molecule has 3 saturated heterocycles. The van der Waals surface area contributed by atoms with E-state index in [4.69, 9.17) is 73.3 Å². The van der Waals surface area contributed by atoms with Crippen molar-refractivity contribution < 1.29 is 133 Å². The molecule has 3 aliphatic heterocycles. The Morgan fingerprint density at radius 3 is 2.02 bits per heavy atom. The number of primary amides is 3. The van der Waals surface area contributed by atoms with Crippen molar-refractivity contribution in [3.63, 3.8) is 0 Å². The summed E-state index contributed by atoms with van der Waals surface area (Å²) in [5.74, 6) is -8.56. The fourth-order valence-corrected chi connectivity index (χ4v) is 12.4. The molecule has 26 atom stereocenters. The molecule has 4 aromatic rings.